The quantitative estimate of drug-likeness (QED) is 0.542. The topological polar surface area (TPSA) is 73.0 Å². The van der Waals surface area contributed by atoms with Crippen LogP contribution in [0.15, 0.2) is 47.3 Å². The van der Waals surface area contributed by atoms with Crippen molar-refractivity contribution in [2.45, 2.75) is 18.9 Å². The van der Waals surface area contributed by atoms with Gasteiger partial charge in [0.25, 0.3) is 0 Å². The molecule has 0 bridgehead atoms. The second kappa shape index (κ2) is 7.03. The molecular weight excluding hydrogens is 372 g/mol. The maximum atomic E-state index is 5.60. The Morgan fingerprint density at radius 1 is 1.43 bits per heavy atom. The monoisotopic (exact) mass is 394 g/mol. The summed E-state index contributed by atoms with van der Waals surface area (Å²) >= 11 is 1.66. The van der Waals surface area contributed by atoms with E-state index >= 15 is 0 Å². The minimum Gasteiger partial charge on any atom is -0.383 e. The van der Waals surface area contributed by atoms with Crippen LogP contribution in [0.2, 0.25) is 0 Å². The molecule has 1 N–H and O–H groups in total. The zero-order chi connectivity index (χ0) is 19.1. The van der Waals surface area contributed by atoms with E-state index in [-0.39, 0.29) is 6.04 Å². The van der Waals surface area contributed by atoms with Crippen molar-refractivity contribution in [1.29, 1.82) is 0 Å². The van der Waals surface area contributed by atoms with Crippen LogP contribution in [-0.4, -0.2) is 38.0 Å². The molecule has 1 saturated carbocycles. The molecule has 0 spiro atoms. The number of nitrogens with one attached hydrogen (secondary N) is 1. The van der Waals surface area contributed by atoms with Crippen molar-refractivity contribution in [2.75, 3.05) is 13.7 Å². The summed E-state index contributed by atoms with van der Waals surface area (Å²) < 4.78 is 9.73. The van der Waals surface area contributed by atoms with E-state index in [1.54, 1.807) is 29.3 Å². The van der Waals surface area contributed by atoms with Gasteiger partial charge < -0.3 is 14.3 Å². The molecule has 144 valence electrons. The van der Waals surface area contributed by atoms with E-state index in [0.29, 0.717) is 12.5 Å². The molecule has 4 heterocycles. The first-order chi connectivity index (χ1) is 13.7. The van der Waals surface area contributed by atoms with E-state index < -0.39 is 0 Å². The summed E-state index contributed by atoms with van der Waals surface area (Å²) in [4.78, 5) is 13.6. The molecule has 0 aliphatic heterocycles. The summed E-state index contributed by atoms with van der Waals surface area (Å²) in [6.07, 6.45) is 10.0. The fourth-order valence-electron chi connectivity index (χ4n) is 3.74. The average molecular weight is 395 g/mol. The van der Waals surface area contributed by atoms with Gasteiger partial charge in [-0.3, -0.25) is 4.68 Å². The second-order valence-electron chi connectivity index (χ2n) is 7.22. The highest BCUT2D eigenvalue weighted by atomic mass is 32.1. The number of aromatic amines is 1. The lowest BCUT2D eigenvalue weighted by atomic mass is 10.1. The molecule has 1 unspecified atom stereocenters. The largest absolute Gasteiger partial charge is 0.383 e. The van der Waals surface area contributed by atoms with Crippen LogP contribution in [0.4, 0.5) is 5.69 Å². The summed E-state index contributed by atoms with van der Waals surface area (Å²) in [5.74, 6) is 0.629. The van der Waals surface area contributed by atoms with E-state index in [1.807, 2.05) is 31.7 Å². The van der Waals surface area contributed by atoms with Gasteiger partial charge in [0.1, 0.15) is 11.3 Å². The number of methoxy groups -OCH3 is 1. The molecule has 0 saturated heterocycles. The van der Waals surface area contributed by atoms with Gasteiger partial charge in [-0.2, -0.15) is 5.10 Å². The molecule has 28 heavy (non-hydrogen) atoms. The Hall–Kier alpha value is -2.71. The van der Waals surface area contributed by atoms with E-state index in [0.717, 1.165) is 32.8 Å². The molecule has 8 heteroatoms. The Bertz CT molecular complexity index is 1180. The summed E-state index contributed by atoms with van der Waals surface area (Å²) in [6.45, 7) is 0.676. The molecule has 1 atom stereocenters. The van der Waals surface area contributed by atoms with Crippen LogP contribution >= 0.6 is 11.3 Å². The third-order valence-electron chi connectivity index (χ3n) is 5.22. The number of pyridine rings is 1. The number of ether oxygens (including phenoxy) is 1. The van der Waals surface area contributed by atoms with Crippen molar-refractivity contribution >= 4 is 28.1 Å². The van der Waals surface area contributed by atoms with Gasteiger partial charge in [0.05, 0.1) is 30.7 Å². The highest BCUT2D eigenvalue weighted by molar-refractivity contribution is 7.07. The van der Waals surface area contributed by atoms with Crippen LogP contribution in [0.3, 0.4) is 0 Å². The minimum atomic E-state index is 0.267. The van der Waals surface area contributed by atoms with Crippen LogP contribution in [-0.2, 0) is 11.8 Å². The van der Waals surface area contributed by atoms with Crippen molar-refractivity contribution in [3.05, 3.63) is 47.1 Å². The van der Waals surface area contributed by atoms with Crippen molar-refractivity contribution in [3.63, 3.8) is 0 Å². The lowest BCUT2D eigenvalue weighted by Gasteiger charge is -2.20. The number of rotatable bonds is 6. The number of aryl methyl sites for hydroxylation is 1. The smallest absolute Gasteiger partial charge is 0.190 e. The third-order valence-corrected chi connectivity index (χ3v) is 6.06. The van der Waals surface area contributed by atoms with Crippen LogP contribution in [0.25, 0.3) is 22.3 Å². The van der Waals surface area contributed by atoms with Crippen molar-refractivity contribution < 1.29 is 4.74 Å². The highest BCUT2D eigenvalue weighted by Gasteiger charge is 2.34. The van der Waals surface area contributed by atoms with Crippen LogP contribution in [0.1, 0.15) is 18.9 Å². The van der Waals surface area contributed by atoms with E-state index in [2.05, 4.69) is 31.1 Å². The van der Waals surface area contributed by atoms with Crippen LogP contribution < -0.4 is 4.80 Å². The fourth-order valence-corrected chi connectivity index (χ4v) is 4.70. The minimum absolute atomic E-state index is 0.267. The van der Waals surface area contributed by atoms with E-state index in [4.69, 9.17) is 9.73 Å². The zero-order valence-corrected chi connectivity index (χ0v) is 16.7. The van der Waals surface area contributed by atoms with Gasteiger partial charge in [-0.05, 0) is 30.9 Å². The number of hydrogen-bond acceptors (Lipinski definition) is 5. The molecule has 1 fully saturated rings. The summed E-state index contributed by atoms with van der Waals surface area (Å²) in [5, 5.41) is 7.56. The fraction of sp³-hybridized carbons (Fsp3) is 0.350. The normalized spacial score (nSPS) is 16.1. The SMILES string of the molecule is COCC(C1CC1)n1c(-c2c[nH]c3ncccc23)csc1=Nc1cnn(C)c1. The number of thiazole rings is 1. The van der Waals surface area contributed by atoms with E-state index in [1.165, 1.54) is 12.8 Å². The lowest BCUT2D eigenvalue weighted by molar-refractivity contribution is 0.145. The first kappa shape index (κ1) is 17.4. The van der Waals surface area contributed by atoms with Crippen LogP contribution in [0.5, 0.6) is 0 Å². The average Bonchev–Trinajstić information content (AvgIpc) is 3.12. The highest BCUT2D eigenvalue weighted by Crippen LogP contribution is 2.42. The van der Waals surface area contributed by atoms with Gasteiger partial charge in [-0.25, -0.2) is 9.98 Å². The lowest BCUT2D eigenvalue weighted by Crippen LogP contribution is -2.26. The maximum Gasteiger partial charge on any atom is 0.190 e. The van der Waals surface area contributed by atoms with Gasteiger partial charge >= 0.3 is 0 Å². The number of nitrogens with zero attached hydrogens (tertiary/aromatic N) is 5. The molecule has 7 nitrogen and oxygen atoms in total. The summed E-state index contributed by atoms with van der Waals surface area (Å²) in [7, 11) is 3.68. The van der Waals surface area contributed by atoms with Gasteiger partial charge in [0.15, 0.2) is 4.80 Å². The van der Waals surface area contributed by atoms with Gasteiger partial charge in [-0.15, -0.1) is 11.3 Å². The molecule has 1 aliphatic rings. The first-order valence-corrected chi connectivity index (χ1v) is 10.3. The number of fused-ring (bicyclic) bond motifs is 1. The third kappa shape index (κ3) is 3.08. The van der Waals surface area contributed by atoms with Crippen molar-refractivity contribution in [1.82, 2.24) is 24.3 Å². The molecule has 0 aromatic carbocycles. The Kier molecular flexibility index (Phi) is 4.37. The first-order valence-electron chi connectivity index (χ1n) is 9.39. The molecule has 5 rings (SSSR count). The predicted molar refractivity (Wildman–Crippen MR) is 109 cm³/mol. The molecule has 0 amide bonds. The molecule has 1 aliphatic carbocycles. The standard InChI is InChI=1S/C20H22N6OS/c1-25-10-14(8-23-25)24-20-26(17(11-27-2)13-5-6-13)18(12-28-20)16-9-22-19-15(16)4-3-7-21-19/h3-4,7-10,12-13,17H,5-6,11H2,1-2H3,(H,21,22). The Morgan fingerprint density at radius 3 is 3.07 bits per heavy atom. The van der Waals surface area contributed by atoms with Gasteiger partial charge in [0.2, 0.25) is 0 Å². The van der Waals surface area contributed by atoms with E-state index in [9.17, 15) is 0 Å². The van der Waals surface area contributed by atoms with Crippen molar-refractivity contribution in [2.24, 2.45) is 18.0 Å². The van der Waals surface area contributed by atoms with Gasteiger partial charge in [-0.1, -0.05) is 0 Å². The molecule has 4 aromatic heterocycles. The van der Waals surface area contributed by atoms with Crippen LogP contribution in [0, 0.1) is 5.92 Å². The number of hydrogen-bond donors (Lipinski definition) is 1. The number of aromatic nitrogens is 5. The molecular formula is C20H22N6OS. The maximum absolute atomic E-state index is 5.60. The Balaban J connectivity index is 1.72. The Labute approximate surface area is 166 Å². The number of H-pyrrole nitrogens is 1. The predicted octanol–water partition coefficient (Wildman–Crippen LogP) is 3.66. The zero-order valence-electron chi connectivity index (χ0n) is 15.9. The molecule has 4 aromatic rings. The summed E-state index contributed by atoms with van der Waals surface area (Å²) in [6, 6.07) is 4.35. The second-order valence-corrected chi connectivity index (χ2v) is 8.06. The van der Waals surface area contributed by atoms with Crippen molar-refractivity contribution in [3.8, 4) is 11.3 Å². The summed E-state index contributed by atoms with van der Waals surface area (Å²) in [5.41, 5.74) is 4.06. The Morgan fingerprint density at radius 2 is 2.32 bits per heavy atom. The molecule has 0 radical (unpaired) electrons. The van der Waals surface area contributed by atoms with Gasteiger partial charge in [0, 0.05) is 42.9 Å².